The van der Waals surface area contributed by atoms with Crippen molar-refractivity contribution >= 4 is 70.3 Å². The van der Waals surface area contributed by atoms with Crippen LogP contribution in [0.15, 0.2) is 153 Å². The number of carbonyl (C=O) groups excluding carboxylic acids is 2. The Bertz CT molecular complexity index is 2420. The summed E-state index contributed by atoms with van der Waals surface area (Å²) in [6.45, 7) is 0. The van der Waals surface area contributed by atoms with E-state index < -0.39 is 54.4 Å². The second kappa shape index (κ2) is 18.0. The van der Waals surface area contributed by atoms with Gasteiger partial charge in [-0.25, -0.2) is 9.59 Å². The summed E-state index contributed by atoms with van der Waals surface area (Å²) in [6.07, 6.45) is 3.22. The van der Waals surface area contributed by atoms with Gasteiger partial charge in [-0.05, 0) is 108 Å². The molecule has 6 aromatic carbocycles. The summed E-state index contributed by atoms with van der Waals surface area (Å²) in [6, 6.07) is 32.7. The molecule has 0 saturated heterocycles. The Morgan fingerprint density at radius 1 is 0.458 bits per heavy atom. The molecule has 0 bridgehead atoms. The van der Waals surface area contributed by atoms with Crippen LogP contribution in [0.5, 0.6) is 11.5 Å². The van der Waals surface area contributed by atoms with Gasteiger partial charge in [0.15, 0.2) is 0 Å². The van der Waals surface area contributed by atoms with Gasteiger partial charge in [0.1, 0.15) is 11.5 Å². The molecule has 0 atom stereocenters. The minimum Gasteiger partial charge on any atom is -0.423 e. The SMILES string of the molecule is O=C(Oc1ccc(C=Nc2ccc(Sc3ccc(N=Cc4ccc(OC(=O)c5cc([N+](=O)[O-])cc([N+](=O)[O-])c5)cc4)cc3)cc2)cc1)c1cc([N+](=O)[O-])cc([N+](=O)[O-])c1. The van der Waals surface area contributed by atoms with Crippen molar-refractivity contribution in [3.63, 3.8) is 0 Å². The lowest BCUT2D eigenvalue weighted by Gasteiger charge is -2.05. The smallest absolute Gasteiger partial charge is 0.344 e. The summed E-state index contributed by atoms with van der Waals surface area (Å²) in [4.78, 5) is 77.1. The van der Waals surface area contributed by atoms with Gasteiger partial charge in [-0.1, -0.05) is 11.8 Å². The molecule has 0 radical (unpaired) electrons. The Morgan fingerprint density at radius 3 is 1.05 bits per heavy atom. The van der Waals surface area contributed by atoms with Crippen LogP contribution in [0.25, 0.3) is 0 Å². The standard InChI is InChI=1S/C40H24N6O12S/c47-39(27-17-31(43(49)50)21-32(18-27)44(51)52)57-35-9-1-25(2-10-35)23-41-29-5-13-37(14-6-29)59-38-15-7-30(8-16-38)42-24-26-3-11-36(12-4-26)58-40(48)28-19-33(45(53)54)22-34(20-28)46(55)56/h1-24H. The number of esters is 2. The molecule has 18 nitrogen and oxygen atoms in total. The largest absolute Gasteiger partial charge is 0.423 e. The summed E-state index contributed by atoms with van der Waals surface area (Å²) in [5, 5.41) is 44.5. The van der Waals surface area contributed by atoms with E-state index in [1.54, 1.807) is 36.7 Å². The van der Waals surface area contributed by atoms with Crippen molar-refractivity contribution in [2.75, 3.05) is 0 Å². The van der Waals surface area contributed by atoms with Crippen molar-refractivity contribution in [3.05, 3.63) is 196 Å². The number of nitro groups is 4. The third kappa shape index (κ3) is 10.9. The molecule has 19 heteroatoms. The van der Waals surface area contributed by atoms with Crippen LogP contribution in [0.4, 0.5) is 34.1 Å². The van der Waals surface area contributed by atoms with Crippen molar-refractivity contribution in [1.29, 1.82) is 0 Å². The van der Waals surface area contributed by atoms with Crippen molar-refractivity contribution in [2.45, 2.75) is 9.79 Å². The van der Waals surface area contributed by atoms with Crippen LogP contribution in [0.1, 0.15) is 31.8 Å². The van der Waals surface area contributed by atoms with Crippen molar-refractivity contribution in [3.8, 4) is 11.5 Å². The van der Waals surface area contributed by atoms with Gasteiger partial charge in [0.05, 0.1) is 54.3 Å². The van der Waals surface area contributed by atoms with Crippen molar-refractivity contribution in [1.82, 2.24) is 0 Å². The first-order valence-electron chi connectivity index (χ1n) is 16.8. The molecule has 0 heterocycles. The molecule has 0 N–H and O–H groups in total. The topological polar surface area (TPSA) is 250 Å². The monoisotopic (exact) mass is 812 g/mol. The highest BCUT2D eigenvalue weighted by atomic mass is 32.2. The highest BCUT2D eigenvalue weighted by Gasteiger charge is 2.22. The molecular formula is C40H24N6O12S. The van der Waals surface area contributed by atoms with E-state index in [0.717, 1.165) is 46.2 Å². The van der Waals surface area contributed by atoms with Crippen LogP contribution in [-0.4, -0.2) is 44.1 Å². The van der Waals surface area contributed by atoms with Gasteiger partial charge < -0.3 is 9.47 Å². The fourth-order valence-corrected chi connectivity index (χ4v) is 5.87. The van der Waals surface area contributed by atoms with Crippen LogP contribution < -0.4 is 9.47 Å². The van der Waals surface area contributed by atoms with Crippen LogP contribution in [-0.2, 0) is 0 Å². The lowest BCUT2D eigenvalue weighted by molar-refractivity contribution is -0.394. The molecule has 0 aliphatic rings. The molecule has 0 amide bonds. The lowest BCUT2D eigenvalue weighted by atomic mass is 10.1. The maximum Gasteiger partial charge on any atom is 0.344 e. The zero-order valence-electron chi connectivity index (χ0n) is 29.8. The van der Waals surface area contributed by atoms with Crippen LogP contribution in [0, 0.1) is 40.5 Å². The van der Waals surface area contributed by atoms with Crippen molar-refractivity contribution in [2.24, 2.45) is 9.98 Å². The number of hydrogen-bond acceptors (Lipinski definition) is 15. The molecule has 0 spiro atoms. The third-order valence-corrected chi connectivity index (χ3v) is 8.95. The summed E-state index contributed by atoms with van der Waals surface area (Å²) >= 11 is 1.53. The van der Waals surface area contributed by atoms with E-state index in [1.807, 2.05) is 48.5 Å². The number of nitrogens with zero attached hydrogens (tertiary/aromatic N) is 6. The van der Waals surface area contributed by atoms with E-state index in [4.69, 9.17) is 9.47 Å². The third-order valence-electron chi connectivity index (χ3n) is 7.94. The highest BCUT2D eigenvalue weighted by Crippen LogP contribution is 2.31. The van der Waals surface area contributed by atoms with Gasteiger partial charge in [-0.2, -0.15) is 0 Å². The summed E-state index contributed by atoms with van der Waals surface area (Å²) in [5.74, 6) is -1.74. The number of ether oxygens (including phenoxy) is 2. The Kier molecular flexibility index (Phi) is 12.3. The molecule has 0 aromatic heterocycles. The number of aliphatic imine (C=N–C) groups is 2. The minimum atomic E-state index is -0.991. The van der Waals surface area contributed by atoms with Gasteiger partial charge in [-0.3, -0.25) is 50.4 Å². The van der Waals surface area contributed by atoms with E-state index in [1.165, 1.54) is 36.0 Å². The number of benzene rings is 6. The predicted molar refractivity (Wildman–Crippen MR) is 214 cm³/mol. The first-order chi connectivity index (χ1) is 28.3. The average molecular weight is 813 g/mol. The van der Waals surface area contributed by atoms with Gasteiger partial charge in [0.2, 0.25) is 0 Å². The lowest BCUT2D eigenvalue weighted by Crippen LogP contribution is -2.09. The summed E-state index contributed by atoms with van der Waals surface area (Å²) < 4.78 is 10.5. The maximum absolute atomic E-state index is 12.6. The summed E-state index contributed by atoms with van der Waals surface area (Å²) in [7, 11) is 0. The first kappa shape index (κ1) is 40.2. The normalized spacial score (nSPS) is 11.0. The second-order valence-electron chi connectivity index (χ2n) is 12.0. The molecule has 0 unspecified atom stereocenters. The Balaban J connectivity index is 0.988. The molecule has 292 valence electrons. The fraction of sp³-hybridized carbons (Fsp3) is 0. The number of hydrogen-bond donors (Lipinski definition) is 0. The predicted octanol–water partition coefficient (Wildman–Crippen LogP) is 9.41. The molecule has 6 rings (SSSR count). The molecule has 6 aromatic rings. The zero-order chi connectivity index (χ0) is 42.1. The van der Waals surface area contributed by atoms with Crippen LogP contribution in [0.2, 0.25) is 0 Å². The Morgan fingerprint density at radius 2 is 0.763 bits per heavy atom. The van der Waals surface area contributed by atoms with Crippen LogP contribution in [0.3, 0.4) is 0 Å². The molecule has 0 aliphatic heterocycles. The Hall–Kier alpha value is -8.45. The molecule has 59 heavy (non-hydrogen) atoms. The maximum atomic E-state index is 12.6. The van der Waals surface area contributed by atoms with E-state index in [-0.39, 0.29) is 22.6 Å². The number of non-ortho nitro benzene ring substituents is 4. The van der Waals surface area contributed by atoms with E-state index in [2.05, 4.69) is 9.98 Å². The van der Waals surface area contributed by atoms with E-state index >= 15 is 0 Å². The summed E-state index contributed by atoms with van der Waals surface area (Å²) in [5.41, 5.74) is -0.375. The van der Waals surface area contributed by atoms with Gasteiger partial charge in [-0.15, -0.1) is 0 Å². The molecule has 0 fully saturated rings. The van der Waals surface area contributed by atoms with Gasteiger partial charge >= 0.3 is 11.9 Å². The molecular weight excluding hydrogens is 789 g/mol. The molecule has 0 aliphatic carbocycles. The average Bonchev–Trinajstić information content (AvgIpc) is 3.23. The molecule has 0 saturated carbocycles. The number of carbonyl (C=O) groups is 2. The van der Waals surface area contributed by atoms with Crippen LogP contribution >= 0.6 is 11.8 Å². The second-order valence-corrected chi connectivity index (χ2v) is 13.2. The Labute approximate surface area is 335 Å². The van der Waals surface area contributed by atoms with Gasteiger partial charge in [0, 0.05) is 46.5 Å². The van der Waals surface area contributed by atoms with E-state index in [9.17, 15) is 50.0 Å². The number of rotatable bonds is 14. The highest BCUT2D eigenvalue weighted by molar-refractivity contribution is 7.99. The minimum absolute atomic E-state index is 0.124. The quantitative estimate of drug-likeness (QED) is 0.0327. The zero-order valence-corrected chi connectivity index (χ0v) is 30.7. The van der Waals surface area contributed by atoms with E-state index in [0.29, 0.717) is 22.5 Å². The van der Waals surface area contributed by atoms with Crippen molar-refractivity contribution < 1.29 is 38.8 Å². The van der Waals surface area contributed by atoms with Gasteiger partial charge in [0.25, 0.3) is 22.7 Å². The number of nitro benzene ring substituents is 4. The first-order valence-corrected chi connectivity index (χ1v) is 17.6. The fourth-order valence-electron chi connectivity index (χ4n) is 5.06.